The standard InChI is InChI=1S/C25H24F2N2O/c1-18-7-10-22(27)17-23(18)25(30)29-15-13-28(14-16-29)24(19-5-3-2-4-6-19)20-8-11-21(26)12-9-20/h2-12,17,24H,13-16H2,1H3/t24-/m0/s1. The summed E-state index contributed by atoms with van der Waals surface area (Å²) in [6.07, 6.45) is 0. The molecule has 30 heavy (non-hydrogen) atoms. The highest BCUT2D eigenvalue weighted by Crippen LogP contribution is 2.30. The van der Waals surface area contributed by atoms with Crippen LogP contribution in [0.5, 0.6) is 0 Å². The Labute approximate surface area is 175 Å². The highest BCUT2D eigenvalue weighted by molar-refractivity contribution is 5.95. The molecule has 154 valence electrons. The fourth-order valence-corrected chi connectivity index (χ4v) is 4.07. The van der Waals surface area contributed by atoms with Crippen molar-refractivity contribution in [1.82, 2.24) is 9.80 Å². The van der Waals surface area contributed by atoms with Crippen molar-refractivity contribution in [1.29, 1.82) is 0 Å². The van der Waals surface area contributed by atoms with Gasteiger partial charge in [-0.05, 0) is 47.9 Å². The Bertz CT molecular complexity index is 1010. The first-order valence-electron chi connectivity index (χ1n) is 10.1. The first kappa shape index (κ1) is 20.2. The van der Waals surface area contributed by atoms with Crippen molar-refractivity contribution in [2.75, 3.05) is 26.2 Å². The first-order chi connectivity index (χ1) is 14.5. The summed E-state index contributed by atoms with van der Waals surface area (Å²) < 4.78 is 27.1. The summed E-state index contributed by atoms with van der Waals surface area (Å²) >= 11 is 0. The number of hydrogen-bond acceptors (Lipinski definition) is 2. The van der Waals surface area contributed by atoms with Gasteiger partial charge in [-0.1, -0.05) is 48.5 Å². The van der Waals surface area contributed by atoms with Gasteiger partial charge in [0.15, 0.2) is 0 Å². The van der Waals surface area contributed by atoms with E-state index >= 15 is 0 Å². The lowest BCUT2D eigenvalue weighted by Gasteiger charge is -2.40. The minimum atomic E-state index is -0.400. The molecule has 1 amide bonds. The third kappa shape index (κ3) is 4.26. The Balaban J connectivity index is 1.53. The van der Waals surface area contributed by atoms with Crippen molar-refractivity contribution < 1.29 is 13.6 Å². The van der Waals surface area contributed by atoms with Gasteiger partial charge >= 0.3 is 0 Å². The average molecular weight is 406 g/mol. The van der Waals surface area contributed by atoms with Crippen LogP contribution < -0.4 is 0 Å². The van der Waals surface area contributed by atoms with E-state index in [4.69, 9.17) is 0 Å². The lowest BCUT2D eigenvalue weighted by Crippen LogP contribution is -2.50. The first-order valence-corrected chi connectivity index (χ1v) is 10.1. The summed E-state index contributed by atoms with van der Waals surface area (Å²) in [4.78, 5) is 17.0. The largest absolute Gasteiger partial charge is 0.336 e. The van der Waals surface area contributed by atoms with Gasteiger partial charge in [-0.25, -0.2) is 8.78 Å². The second-order valence-electron chi connectivity index (χ2n) is 7.65. The molecule has 1 aliphatic heterocycles. The monoisotopic (exact) mass is 406 g/mol. The number of hydrogen-bond donors (Lipinski definition) is 0. The zero-order valence-corrected chi connectivity index (χ0v) is 16.9. The third-order valence-electron chi connectivity index (χ3n) is 5.70. The molecule has 4 rings (SSSR count). The molecule has 5 heteroatoms. The van der Waals surface area contributed by atoms with Gasteiger partial charge in [0.1, 0.15) is 11.6 Å². The molecule has 1 aliphatic rings. The van der Waals surface area contributed by atoms with E-state index in [0.717, 1.165) is 16.7 Å². The lowest BCUT2D eigenvalue weighted by molar-refractivity contribution is 0.0596. The smallest absolute Gasteiger partial charge is 0.254 e. The van der Waals surface area contributed by atoms with Crippen LogP contribution in [0.25, 0.3) is 0 Å². The summed E-state index contributed by atoms with van der Waals surface area (Å²) in [5, 5.41) is 0. The maximum atomic E-state index is 13.6. The predicted molar refractivity (Wildman–Crippen MR) is 113 cm³/mol. The molecule has 0 aromatic heterocycles. The Morgan fingerprint density at radius 1 is 0.800 bits per heavy atom. The van der Waals surface area contributed by atoms with Crippen LogP contribution in [0, 0.1) is 18.6 Å². The van der Waals surface area contributed by atoms with Crippen LogP contribution in [-0.2, 0) is 0 Å². The maximum absolute atomic E-state index is 13.6. The SMILES string of the molecule is Cc1ccc(F)cc1C(=O)N1CCN([C@@H](c2ccccc2)c2ccc(F)cc2)CC1. The molecule has 0 bridgehead atoms. The average Bonchev–Trinajstić information content (AvgIpc) is 2.78. The molecular weight excluding hydrogens is 382 g/mol. The molecule has 3 aromatic carbocycles. The normalized spacial score (nSPS) is 15.8. The van der Waals surface area contributed by atoms with Crippen molar-refractivity contribution in [2.24, 2.45) is 0 Å². The van der Waals surface area contributed by atoms with E-state index in [2.05, 4.69) is 17.0 Å². The molecular formula is C25H24F2N2O. The fraction of sp³-hybridized carbons (Fsp3) is 0.240. The van der Waals surface area contributed by atoms with Crippen molar-refractivity contribution in [2.45, 2.75) is 13.0 Å². The zero-order chi connectivity index (χ0) is 21.1. The Hall–Kier alpha value is -3.05. The number of carbonyl (C=O) groups excluding carboxylic acids is 1. The van der Waals surface area contributed by atoms with Crippen molar-refractivity contribution in [3.63, 3.8) is 0 Å². The minimum absolute atomic E-state index is 0.0139. The Morgan fingerprint density at radius 3 is 2.07 bits per heavy atom. The van der Waals surface area contributed by atoms with Crippen LogP contribution in [0.1, 0.15) is 33.1 Å². The van der Waals surface area contributed by atoms with Gasteiger partial charge in [-0.15, -0.1) is 0 Å². The highest BCUT2D eigenvalue weighted by atomic mass is 19.1. The second kappa shape index (κ2) is 8.76. The highest BCUT2D eigenvalue weighted by Gasteiger charge is 2.29. The van der Waals surface area contributed by atoms with Crippen LogP contribution in [0.4, 0.5) is 8.78 Å². The van der Waals surface area contributed by atoms with Gasteiger partial charge < -0.3 is 4.90 Å². The van der Waals surface area contributed by atoms with E-state index in [1.807, 2.05) is 37.3 Å². The number of nitrogens with zero attached hydrogens (tertiary/aromatic N) is 2. The molecule has 3 nitrogen and oxygen atoms in total. The third-order valence-corrected chi connectivity index (χ3v) is 5.70. The molecule has 0 N–H and O–H groups in total. The summed E-state index contributed by atoms with van der Waals surface area (Å²) in [5.41, 5.74) is 3.34. The van der Waals surface area contributed by atoms with E-state index in [1.165, 1.54) is 24.3 Å². The molecule has 1 heterocycles. The molecule has 1 atom stereocenters. The molecule has 0 saturated carbocycles. The van der Waals surface area contributed by atoms with E-state index in [1.54, 1.807) is 11.0 Å². The maximum Gasteiger partial charge on any atom is 0.254 e. The van der Waals surface area contributed by atoms with Gasteiger partial charge in [0, 0.05) is 31.7 Å². The fourth-order valence-electron chi connectivity index (χ4n) is 4.07. The molecule has 0 unspecified atom stereocenters. The van der Waals surface area contributed by atoms with Crippen LogP contribution in [0.2, 0.25) is 0 Å². The number of benzene rings is 3. The number of rotatable bonds is 4. The van der Waals surface area contributed by atoms with Gasteiger partial charge in [-0.2, -0.15) is 0 Å². The topological polar surface area (TPSA) is 23.6 Å². The van der Waals surface area contributed by atoms with Crippen molar-refractivity contribution in [3.8, 4) is 0 Å². The van der Waals surface area contributed by atoms with Crippen LogP contribution in [-0.4, -0.2) is 41.9 Å². The summed E-state index contributed by atoms with van der Waals surface area (Å²) in [7, 11) is 0. The minimum Gasteiger partial charge on any atom is -0.336 e. The number of aryl methyl sites for hydroxylation is 1. The Kier molecular flexibility index (Phi) is 5.91. The molecule has 0 spiro atoms. The summed E-state index contributed by atoms with van der Waals surface area (Å²) in [5.74, 6) is -0.792. The van der Waals surface area contributed by atoms with E-state index in [0.29, 0.717) is 31.7 Å². The molecule has 1 fully saturated rings. The predicted octanol–water partition coefficient (Wildman–Crippen LogP) is 4.82. The number of carbonyl (C=O) groups is 1. The summed E-state index contributed by atoms with van der Waals surface area (Å²) in [6.45, 7) is 4.29. The van der Waals surface area contributed by atoms with Gasteiger partial charge in [0.2, 0.25) is 0 Å². The summed E-state index contributed by atoms with van der Waals surface area (Å²) in [6, 6.07) is 21.0. The van der Waals surface area contributed by atoms with E-state index in [9.17, 15) is 13.6 Å². The van der Waals surface area contributed by atoms with Gasteiger partial charge in [0.05, 0.1) is 6.04 Å². The second-order valence-corrected chi connectivity index (χ2v) is 7.65. The van der Waals surface area contributed by atoms with Gasteiger partial charge in [-0.3, -0.25) is 9.69 Å². The number of amides is 1. The quantitative estimate of drug-likeness (QED) is 0.620. The van der Waals surface area contributed by atoms with Crippen molar-refractivity contribution >= 4 is 5.91 Å². The van der Waals surface area contributed by atoms with E-state index < -0.39 is 5.82 Å². The van der Waals surface area contributed by atoms with Gasteiger partial charge in [0.25, 0.3) is 5.91 Å². The number of halogens is 2. The molecule has 3 aromatic rings. The molecule has 0 radical (unpaired) electrons. The molecule has 1 saturated heterocycles. The van der Waals surface area contributed by atoms with E-state index in [-0.39, 0.29) is 17.8 Å². The lowest BCUT2D eigenvalue weighted by atomic mass is 9.96. The Morgan fingerprint density at radius 2 is 1.40 bits per heavy atom. The van der Waals surface area contributed by atoms with Crippen LogP contribution in [0.3, 0.4) is 0 Å². The molecule has 0 aliphatic carbocycles. The number of piperazine rings is 1. The van der Waals surface area contributed by atoms with Crippen LogP contribution in [0.15, 0.2) is 72.8 Å². The zero-order valence-electron chi connectivity index (χ0n) is 16.9. The van der Waals surface area contributed by atoms with Crippen LogP contribution >= 0.6 is 0 Å². The van der Waals surface area contributed by atoms with Crippen molar-refractivity contribution in [3.05, 3.63) is 107 Å².